The van der Waals surface area contributed by atoms with E-state index in [2.05, 4.69) is 0 Å². The van der Waals surface area contributed by atoms with E-state index in [0.717, 1.165) is 5.56 Å². The number of aromatic hydroxyl groups is 1. The molecular formula is C15H16FNO. The molecule has 1 N–H and O–H groups in total. The number of para-hydroxylation sites is 1. The molecule has 3 heteroatoms. The number of halogens is 1. The minimum Gasteiger partial charge on any atom is -0.508 e. The molecule has 0 spiro atoms. The Bertz CT molecular complexity index is 527. The number of phenolic OH excluding ortho intramolecular Hbond substituents is 1. The Morgan fingerprint density at radius 1 is 1.11 bits per heavy atom. The Morgan fingerprint density at radius 2 is 1.89 bits per heavy atom. The van der Waals surface area contributed by atoms with Gasteiger partial charge in [-0.15, -0.1) is 0 Å². The van der Waals surface area contributed by atoms with Crippen molar-refractivity contribution in [3.63, 3.8) is 0 Å². The highest BCUT2D eigenvalue weighted by Gasteiger charge is 2.09. The summed E-state index contributed by atoms with van der Waals surface area (Å²) >= 11 is 0. The van der Waals surface area contributed by atoms with Crippen molar-refractivity contribution >= 4 is 5.69 Å². The predicted molar refractivity (Wildman–Crippen MR) is 71.2 cm³/mol. The SMILES string of the molecule is CCN(Cc1cccc(O)c1)c1ccccc1F. The minimum atomic E-state index is -0.223. The van der Waals surface area contributed by atoms with Crippen molar-refractivity contribution < 1.29 is 9.50 Å². The second-order valence-electron chi connectivity index (χ2n) is 4.14. The van der Waals surface area contributed by atoms with Gasteiger partial charge in [0.05, 0.1) is 5.69 Å². The average Bonchev–Trinajstić information content (AvgIpc) is 2.37. The lowest BCUT2D eigenvalue weighted by Gasteiger charge is -2.23. The molecule has 18 heavy (non-hydrogen) atoms. The zero-order valence-electron chi connectivity index (χ0n) is 10.3. The minimum absolute atomic E-state index is 0.223. The maximum absolute atomic E-state index is 13.7. The van der Waals surface area contributed by atoms with E-state index < -0.39 is 0 Å². The fraction of sp³-hybridized carbons (Fsp3) is 0.200. The number of rotatable bonds is 4. The molecule has 0 unspecified atom stereocenters. The monoisotopic (exact) mass is 245 g/mol. The average molecular weight is 245 g/mol. The van der Waals surface area contributed by atoms with Crippen LogP contribution >= 0.6 is 0 Å². The van der Waals surface area contributed by atoms with Gasteiger partial charge in [-0.2, -0.15) is 0 Å². The Kier molecular flexibility index (Phi) is 3.82. The van der Waals surface area contributed by atoms with Gasteiger partial charge in [0.15, 0.2) is 0 Å². The molecule has 2 aromatic rings. The van der Waals surface area contributed by atoms with Crippen molar-refractivity contribution in [3.05, 3.63) is 59.9 Å². The number of hydrogen-bond acceptors (Lipinski definition) is 2. The van der Waals surface area contributed by atoms with Crippen LogP contribution in [0.1, 0.15) is 12.5 Å². The first kappa shape index (κ1) is 12.4. The molecule has 0 saturated carbocycles. The standard InChI is InChI=1S/C15H16FNO/c1-2-17(15-9-4-3-8-14(15)16)11-12-6-5-7-13(18)10-12/h3-10,18H,2,11H2,1H3. The second kappa shape index (κ2) is 5.54. The summed E-state index contributed by atoms with van der Waals surface area (Å²) in [4.78, 5) is 1.93. The number of nitrogens with zero attached hydrogens (tertiary/aromatic N) is 1. The molecule has 0 saturated heterocycles. The van der Waals surface area contributed by atoms with Crippen molar-refractivity contribution in [1.82, 2.24) is 0 Å². The first-order chi connectivity index (χ1) is 8.70. The summed E-state index contributed by atoms with van der Waals surface area (Å²) in [5.74, 6) is 0.0107. The van der Waals surface area contributed by atoms with Crippen LogP contribution in [0.3, 0.4) is 0 Å². The second-order valence-corrected chi connectivity index (χ2v) is 4.14. The first-order valence-electron chi connectivity index (χ1n) is 5.98. The van der Waals surface area contributed by atoms with E-state index in [1.165, 1.54) is 6.07 Å². The van der Waals surface area contributed by atoms with Crippen LogP contribution in [-0.2, 0) is 6.54 Å². The highest BCUT2D eigenvalue weighted by atomic mass is 19.1. The Labute approximate surface area is 106 Å². The first-order valence-corrected chi connectivity index (χ1v) is 5.98. The molecule has 0 atom stereocenters. The summed E-state index contributed by atoms with van der Waals surface area (Å²) in [6.45, 7) is 3.26. The zero-order valence-corrected chi connectivity index (χ0v) is 10.3. The lowest BCUT2D eigenvalue weighted by molar-refractivity contribution is 0.474. The Balaban J connectivity index is 2.23. The van der Waals surface area contributed by atoms with Gasteiger partial charge in [0.1, 0.15) is 11.6 Å². The quantitative estimate of drug-likeness (QED) is 0.890. The van der Waals surface area contributed by atoms with Gasteiger partial charge < -0.3 is 10.0 Å². The molecule has 0 aliphatic heterocycles. The van der Waals surface area contributed by atoms with Crippen LogP contribution in [0.2, 0.25) is 0 Å². The number of benzene rings is 2. The van der Waals surface area contributed by atoms with Crippen LogP contribution in [0.25, 0.3) is 0 Å². The van der Waals surface area contributed by atoms with E-state index in [9.17, 15) is 9.50 Å². The molecule has 2 rings (SSSR count). The van der Waals surface area contributed by atoms with Crippen LogP contribution in [-0.4, -0.2) is 11.7 Å². The zero-order chi connectivity index (χ0) is 13.0. The lowest BCUT2D eigenvalue weighted by Crippen LogP contribution is -2.22. The van der Waals surface area contributed by atoms with Gasteiger partial charge in [-0.3, -0.25) is 0 Å². The summed E-state index contributed by atoms with van der Waals surface area (Å²) in [5, 5.41) is 9.43. The molecule has 0 amide bonds. The summed E-state index contributed by atoms with van der Waals surface area (Å²) in [5.41, 5.74) is 1.54. The maximum atomic E-state index is 13.7. The predicted octanol–water partition coefficient (Wildman–Crippen LogP) is 3.56. The van der Waals surface area contributed by atoms with E-state index in [0.29, 0.717) is 18.8 Å². The third-order valence-electron chi connectivity index (χ3n) is 2.86. The molecule has 94 valence electrons. The highest BCUT2D eigenvalue weighted by Crippen LogP contribution is 2.21. The van der Waals surface area contributed by atoms with Gasteiger partial charge in [-0.05, 0) is 36.8 Å². The van der Waals surface area contributed by atoms with E-state index in [-0.39, 0.29) is 11.6 Å². The summed E-state index contributed by atoms with van der Waals surface area (Å²) < 4.78 is 13.7. The van der Waals surface area contributed by atoms with Crippen molar-refractivity contribution in [2.75, 3.05) is 11.4 Å². The highest BCUT2D eigenvalue weighted by molar-refractivity contribution is 5.48. The Morgan fingerprint density at radius 3 is 2.56 bits per heavy atom. The van der Waals surface area contributed by atoms with Crippen LogP contribution < -0.4 is 4.90 Å². The normalized spacial score (nSPS) is 10.3. The van der Waals surface area contributed by atoms with Crippen LogP contribution in [0.15, 0.2) is 48.5 Å². The van der Waals surface area contributed by atoms with Gasteiger partial charge in [-0.25, -0.2) is 4.39 Å². The molecule has 2 aromatic carbocycles. The molecule has 0 heterocycles. The van der Waals surface area contributed by atoms with Gasteiger partial charge >= 0.3 is 0 Å². The fourth-order valence-electron chi connectivity index (χ4n) is 1.95. The van der Waals surface area contributed by atoms with Gasteiger partial charge in [-0.1, -0.05) is 24.3 Å². The molecule has 0 fully saturated rings. The topological polar surface area (TPSA) is 23.5 Å². The maximum Gasteiger partial charge on any atom is 0.146 e. The third-order valence-corrected chi connectivity index (χ3v) is 2.86. The van der Waals surface area contributed by atoms with Crippen molar-refractivity contribution in [2.24, 2.45) is 0 Å². The molecule has 0 aliphatic rings. The van der Waals surface area contributed by atoms with E-state index >= 15 is 0 Å². The van der Waals surface area contributed by atoms with E-state index in [4.69, 9.17) is 0 Å². The van der Waals surface area contributed by atoms with Crippen molar-refractivity contribution in [1.29, 1.82) is 0 Å². The summed E-state index contributed by atoms with van der Waals surface area (Å²) in [6.07, 6.45) is 0. The van der Waals surface area contributed by atoms with Crippen LogP contribution in [0.4, 0.5) is 10.1 Å². The molecular weight excluding hydrogens is 229 g/mol. The lowest BCUT2D eigenvalue weighted by atomic mass is 10.2. The number of hydrogen-bond donors (Lipinski definition) is 1. The fourth-order valence-corrected chi connectivity index (χ4v) is 1.95. The van der Waals surface area contributed by atoms with E-state index in [1.807, 2.05) is 24.0 Å². The van der Waals surface area contributed by atoms with Gasteiger partial charge in [0.2, 0.25) is 0 Å². The number of phenols is 1. The summed E-state index contributed by atoms with van der Waals surface area (Å²) in [6, 6.07) is 13.8. The molecule has 2 nitrogen and oxygen atoms in total. The summed E-state index contributed by atoms with van der Waals surface area (Å²) in [7, 11) is 0. The molecule has 0 radical (unpaired) electrons. The van der Waals surface area contributed by atoms with E-state index in [1.54, 1.807) is 30.3 Å². The molecule has 0 bridgehead atoms. The molecule has 0 aromatic heterocycles. The molecule has 0 aliphatic carbocycles. The van der Waals surface area contributed by atoms with Crippen LogP contribution in [0.5, 0.6) is 5.75 Å². The van der Waals surface area contributed by atoms with Crippen LogP contribution in [0, 0.1) is 5.82 Å². The number of anilines is 1. The van der Waals surface area contributed by atoms with Crippen molar-refractivity contribution in [2.45, 2.75) is 13.5 Å². The largest absolute Gasteiger partial charge is 0.508 e. The van der Waals surface area contributed by atoms with Gasteiger partial charge in [0, 0.05) is 13.1 Å². The van der Waals surface area contributed by atoms with Crippen molar-refractivity contribution in [3.8, 4) is 5.75 Å². The van der Waals surface area contributed by atoms with Gasteiger partial charge in [0.25, 0.3) is 0 Å². The Hall–Kier alpha value is -2.03. The third kappa shape index (κ3) is 2.80. The smallest absolute Gasteiger partial charge is 0.146 e.